The maximum absolute atomic E-state index is 5.69. The monoisotopic (exact) mass is 257 g/mol. The number of nitrogens with two attached hydrogens (primary N) is 2. The van der Waals surface area contributed by atoms with Crippen molar-refractivity contribution in [1.29, 1.82) is 0 Å². The van der Waals surface area contributed by atoms with Crippen LogP contribution in [0.15, 0.2) is 30.3 Å². The van der Waals surface area contributed by atoms with Crippen LogP contribution in [0.5, 0.6) is 0 Å². The van der Waals surface area contributed by atoms with Gasteiger partial charge in [-0.25, -0.2) is 4.98 Å². The van der Waals surface area contributed by atoms with Crippen LogP contribution in [-0.4, -0.2) is 19.1 Å². The summed E-state index contributed by atoms with van der Waals surface area (Å²) in [5, 5.41) is 3.22. The maximum atomic E-state index is 5.69. The Labute approximate surface area is 113 Å². The van der Waals surface area contributed by atoms with Crippen molar-refractivity contribution in [2.24, 2.45) is 0 Å². The zero-order valence-electron chi connectivity index (χ0n) is 11.4. The second-order valence-electron chi connectivity index (χ2n) is 4.69. The van der Waals surface area contributed by atoms with Crippen LogP contribution in [0.2, 0.25) is 0 Å². The fourth-order valence-corrected chi connectivity index (χ4v) is 1.87. The predicted octanol–water partition coefficient (Wildman–Crippen LogP) is 2.36. The lowest BCUT2D eigenvalue weighted by Gasteiger charge is -2.17. The Kier molecular flexibility index (Phi) is 3.46. The van der Waals surface area contributed by atoms with Crippen molar-refractivity contribution >= 4 is 28.7 Å². The van der Waals surface area contributed by atoms with Crippen molar-refractivity contribution in [2.45, 2.75) is 6.92 Å². The second-order valence-corrected chi connectivity index (χ2v) is 4.69. The topological polar surface area (TPSA) is 80.2 Å². The van der Waals surface area contributed by atoms with E-state index in [4.69, 9.17) is 11.5 Å². The first kappa shape index (κ1) is 13.0. The van der Waals surface area contributed by atoms with Gasteiger partial charge in [-0.3, -0.25) is 0 Å². The minimum Gasteiger partial charge on any atom is -0.396 e. The summed E-state index contributed by atoms with van der Waals surface area (Å²) in [6.07, 6.45) is 0. The minimum absolute atomic E-state index is 0.338. The smallest absolute Gasteiger partial charge is 0.149 e. The number of hydrogen-bond acceptors (Lipinski definition) is 5. The van der Waals surface area contributed by atoms with Crippen LogP contribution in [0.1, 0.15) is 5.56 Å². The molecule has 0 saturated carbocycles. The SMILES string of the molecule is Cc1ccc(Nc2ccc(N)c(N)n2)cc1N(C)C. The molecule has 0 spiro atoms. The van der Waals surface area contributed by atoms with E-state index in [-0.39, 0.29) is 0 Å². The van der Waals surface area contributed by atoms with Crippen LogP contribution in [0.3, 0.4) is 0 Å². The third kappa shape index (κ3) is 2.88. The van der Waals surface area contributed by atoms with Crippen LogP contribution >= 0.6 is 0 Å². The van der Waals surface area contributed by atoms with Gasteiger partial charge in [0.2, 0.25) is 0 Å². The number of aromatic nitrogens is 1. The molecule has 0 aliphatic heterocycles. The van der Waals surface area contributed by atoms with E-state index in [1.165, 1.54) is 5.56 Å². The number of hydrogen-bond donors (Lipinski definition) is 3. The molecule has 0 atom stereocenters. The van der Waals surface area contributed by atoms with E-state index >= 15 is 0 Å². The first-order chi connectivity index (χ1) is 8.97. The molecule has 0 radical (unpaired) electrons. The van der Waals surface area contributed by atoms with Gasteiger partial charge < -0.3 is 21.7 Å². The first-order valence-electron chi connectivity index (χ1n) is 6.04. The molecule has 1 aromatic carbocycles. The quantitative estimate of drug-likeness (QED) is 0.786. The molecule has 5 N–H and O–H groups in total. The highest BCUT2D eigenvalue weighted by atomic mass is 15.1. The Hall–Kier alpha value is -2.43. The summed E-state index contributed by atoms with van der Waals surface area (Å²) >= 11 is 0. The lowest BCUT2D eigenvalue weighted by Crippen LogP contribution is -2.10. The third-order valence-electron chi connectivity index (χ3n) is 2.92. The summed E-state index contributed by atoms with van der Waals surface area (Å²) in [5.74, 6) is 1.02. The van der Waals surface area contributed by atoms with Gasteiger partial charge in [0.1, 0.15) is 11.6 Å². The van der Waals surface area contributed by atoms with Gasteiger partial charge in [-0.1, -0.05) is 6.07 Å². The molecule has 0 fully saturated rings. The van der Waals surface area contributed by atoms with Gasteiger partial charge in [-0.15, -0.1) is 0 Å². The molecular formula is C14H19N5. The molecule has 0 amide bonds. The Bertz CT molecular complexity index is 592. The Morgan fingerprint density at radius 3 is 2.47 bits per heavy atom. The van der Waals surface area contributed by atoms with Gasteiger partial charge in [-0.05, 0) is 36.8 Å². The highest BCUT2D eigenvalue weighted by molar-refractivity contribution is 5.68. The average Bonchev–Trinajstić information content (AvgIpc) is 2.36. The molecule has 0 unspecified atom stereocenters. The molecule has 5 nitrogen and oxygen atoms in total. The number of nitrogens with one attached hydrogen (secondary N) is 1. The molecule has 19 heavy (non-hydrogen) atoms. The van der Waals surface area contributed by atoms with Crippen LogP contribution in [0.25, 0.3) is 0 Å². The zero-order valence-corrected chi connectivity index (χ0v) is 11.4. The molecule has 1 aromatic heterocycles. The van der Waals surface area contributed by atoms with Crippen LogP contribution in [0, 0.1) is 6.92 Å². The molecule has 0 aliphatic rings. The average molecular weight is 257 g/mol. The molecular weight excluding hydrogens is 238 g/mol. The summed E-state index contributed by atoms with van der Waals surface area (Å²) in [6, 6.07) is 9.70. The van der Waals surface area contributed by atoms with E-state index in [1.54, 1.807) is 12.1 Å². The van der Waals surface area contributed by atoms with E-state index in [9.17, 15) is 0 Å². The highest BCUT2D eigenvalue weighted by Crippen LogP contribution is 2.25. The molecule has 2 aromatic rings. The summed E-state index contributed by atoms with van der Waals surface area (Å²) in [5.41, 5.74) is 15.2. The van der Waals surface area contributed by atoms with Gasteiger partial charge in [0.15, 0.2) is 0 Å². The van der Waals surface area contributed by atoms with Crippen molar-refractivity contribution in [3.63, 3.8) is 0 Å². The lowest BCUT2D eigenvalue weighted by atomic mass is 10.1. The fraction of sp³-hybridized carbons (Fsp3) is 0.214. The summed E-state index contributed by atoms with van der Waals surface area (Å²) in [7, 11) is 4.04. The summed E-state index contributed by atoms with van der Waals surface area (Å²) < 4.78 is 0. The van der Waals surface area contributed by atoms with Gasteiger partial charge in [0, 0.05) is 25.5 Å². The van der Waals surface area contributed by atoms with Gasteiger partial charge in [0.05, 0.1) is 5.69 Å². The molecule has 0 saturated heterocycles. The fourth-order valence-electron chi connectivity index (χ4n) is 1.87. The minimum atomic E-state index is 0.338. The van der Waals surface area contributed by atoms with E-state index in [0.717, 1.165) is 11.4 Å². The lowest BCUT2D eigenvalue weighted by molar-refractivity contribution is 1.11. The van der Waals surface area contributed by atoms with E-state index in [0.29, 0.717) is 17.3 Å². The van der Waals surface area contributed by atoms with E-state index < -0.39 is 0 Å². The largest absolute Gasteiger partial charge is 0.396 e. The third-order valence-corrected chi connectivity index (χ3v) is 2.92. The van der Waals surface area contributed by atoms with Gasteiger partial charge in [0.25, 0.3) is 0 Å². The summed E-state index contributed by atoms with van der Waals surface area (Å²) in [6.45, 7) is 2.08. The highest BCUT2D eigenvalue weighted by Gasteiger charge is 2.04. The molecule has 5 heteroatoms. The molecule has 2 rings (SSSR count). The van der Waals surface area contributed by atoms with Crippen molar-refractivity contribution < 1.29 is 0 Å². The summed E-state index contributed by atoms with van der Waals surface area (Å²) in [4.78, 5) is 6.27. The van der Waals surface area contributed by atoms with Crippen molar-refractivity contribution in [3.05, 3.63) is 35.9 Å². The zero-order chi connectivity index (χ0) is 14.0. The normalized spacial score (nSPS) is 10.3. The number of benzene rings is 1. The van der Waals surface area contributed by atoms with Crippen molar-refractivity contribution in [2.75, 3.05) is 35.8 Å². The van der Waals surface area contributed by atoms with E-state index in [2.05, 4.69) is 34.3 Å². The van der Waals surface area contributed by atoms with Crippen LogP contribution in [-0.2, 0) is 0 Å². The number of anilines is 5. The van der Waals surface area contributed by atoms with Crippen LogP contribution < -0.4 is 21.7 Å². The molecule has 0 bridgehead atoms. The van der Waals surface area contributed by atoms with Crippen molar-refractivity contribution in [3.8, 4) is 0 Å². The number of pyridine rings is 1. The number of aryl methyl sites for hydroxylation is 1. The maximum Gasteiger partial charge on any atom is 0.149 e. The Balaban J connectivity index is 2.28. The Morgan fingerprint density at radius 2 is 1.84 bits per heavy atom. The van der Waals surface area contributed by atoms with Crippen LogP contribution in [0.4, 0.5) is 28.7 Å². The second kappa shape index (κ2) is 5.06. The van der Waals surface area contributed by atoms with E-state index in [1.807, 2.05) is 20.2 Å². The number of nitrogen functional groups attached to an aromatic ring is 2. The predicted molar refractivity (Wildman–Crippen MR) is 81.9 cm³/mol. The molecule has 1 heterocycles. The standard InChI is InChI=1S/C14H19N5/c1-9-4-5-10(8-12(9)19(2)3)17-13-7-6-11(15)14(16)18-13/h4-8H,15H2,1-3H3,(H3,16,17,18). The van der Waals surface area contributed by atoms with Gasteiger partial charge in [-0.2, -0.15) is 0 Å². The molecule has 0 aliphatic carbocycles. The van der Waals surface area contributed by atoms with Gasteiger partial charge >= 0.3 is 0 Å². The molecule has 100 valence electrons. The Morgan fingerprint density at radius 1 is 1.11 bits per heavy atom. The number of nitrogens with zero attached hydrogens (tertiary/aromatic N) is 2. The number of rotatable bonds is 3. The van der Waals surface area contributed by atoms with Crippen molar-refractivity contribution in [1.82, 2.24) is 4.98 Å². The first-order valence-corrected chi connectivity index (χ1v) is 6.04.